The summed E-state index contributed by atoms with van der Waals surface area (Å²) >= 11 is 0. The minimum absolute atomic E-state index is 0.178. The minimum atomic E-state index is -3.37. The summed E-state index contributed by atoms with van der Waals surface area (Å²) in [5.41, 5.74) is 1.67. The Morgan fingerprint density at radius 1 is 1.32 bits per heavy atom. The van der Waals surface area contributed by atoms with Gasteiger partial charge in [-0.15, -0.1) is 0 Å². The molecule has 0 bridgehead atoms. The zero-order chi connectivity index (χ0) is 18.4. The van der Waals surface area contributed by atoms with Crippen molar-refractivity contribution in [2.75, 3.05) is 57.0 Å². The van der Waals surface area contributed by atoms with Crippen molar-refractivity contribution >= 4 is 21.6 Å². The molecule has 1 heterocycles. The van der Waals surface area contributed by atoms with Crippen LogP contribution in [0.4, 0.5) is 5.69 Å². The van der Waals surface area contributed by atoms with E-state index in [1.54, 1.807) is 25.1 Å². The van der Waals surface area contributed by atoms with E-state index in [0.29, 0.717) is 23.4 Å². The number of nitrogens with zero attached hydrogens (tertiary/aromatic N) is 2. The zero-order valence-corrected chi connectivity index (χ0v) is 15.9. The number of carbonyl (C=O) groups is 1. The standard InChI is InChI=1S/C17H27N3O4S/c1-14-15(6-4-7-16(14)19(2)25(3,22)23)17(21)18-8-5-9-20-10-12-24-13-11-20/h4,6-7H,5,8-13H2,1-3H3,(H,18,21). The van der Waals surface area contributed by atoms with Crippen molar-refractivity contribution in [3.8, 4) is 0 Å². The van der Waals surface area contributed by atoms with Gasteiger partial charge in [0.25, 0.3) is 5.91 Å². The molecule has 0 aliphatic carbocycles. The summed E-state index contributed by atoms with van der Waals surface area (Å²) in [5, 5.41) is 2.92. The quantitative estimate of drug-likeness (QED) is 0.721. The van der Waals surface area contributed by atoms with E-state index in [-0.39, 0.29) is 5.91 Å². The largest absolute Gasteiger partial charge is 0.379 e. The molecule has 1 aliphatic heterocycles. The first kappa shape index (κ1) is 19.7. The van der Waals surface area contributed by atoms with Gasteiger partial charge in [0, 0.05) is 32.2 Å². The second-order valence-corrected chi connectivity index (χ2v) is 8.26. The van der Waals surface area contributed by atoms with E-state index in [0.717, 1.165) is 45.5 Å². The average molecular weight is 369 g/mol. The Morgan fingerprint density at radius 2 is 2.00 bits per heavy atom. The molecule has 0 saturated carbocycles. The molecule has 0 radical (unpaired) electrons. The van der Waals surface area contributed by atoms with Crippen LogP contribution in [0.25, 0.3) is 0 Å². The number of morpholine rings is 1. The third-order valence-corrected chi connectivity index (χ3v) is 5.62. The van der Waals surface area contributed by atoms with Gasteiger partial charge in [-0.3, -0.25) is 14.0 Å². The Balaban J connectivity index is 1.93. The second-order valence-electron chi connectivity index (χ2n) is 6.24. The Hall–Kier alpha value is -1.64. The van der Waals surface area contributed by atoms with E-state index >= 15 is 0 Å². The van der Waals surface area contributed by atoms with Crippen molar-refractivity contribution in [2.45, 2.75) is 13.3 Å². The molecule has 0 atom stereocenters. The van der Waals surface area contributed by atoms with Gasteiger partial charge in [0.15, 0.2) is 0 Å². The smallest absolute Gasteiger partial charge is 0.251 e. The van der Waals surface area contributed by atoms with Gasteiger partial charge < -0.3 is 10.1 Å². The first-order valence-electron chi connectivity index (χ1n) is 8.42. The monoisotopic (exact) mass is 369 g/mol. The van der Waals surface area contributed by atoms with Crippen LogP contribution in [-0.4, -0.2) is 71.9 Å². The number of nitrogens with one attached hydrogen (secondary N) is 1. The molecule has 8 heteroatoms. The molecule has 1 saturated heterocycles. The van der Waals surface area contributed by atoms with E-state index in [4.69, 9.17) is 4.74 Å². The maximum atomic E-state index is 12.4. The van der Waals surface area contributed by atoms with Crippen molar-refractivity contribution in [1.82, 2.24) is 10.2 Å². The summed E-state index contributed by atoms with van der Waals surface area (Å²) in [6.07, 6.45) is 2.01. The first-order valence-corrected chi connectivity index (χ1v) is 10.3. The lowest BCUT2D eigenvalue weighted by molar-refractivity contribution is 0.0374. The van der Waals surface area contributed by atoms with Crippen LogP contribution in [0, 0.1) is 6.92 Å². The van der Waals surface area contributed by atoms with Crippen LogP contribution >= 0.6 is 0 Å². The first-order chi connectivity index (χ1) is 11.8. The molecule has 2 rings (SSSR count). The molecule has 25 heavy (non-hydrogen) atoms. The maximum Gasteiger partial charge on any atom is 0.251 e. The van der Waals surface area contributed by atoms with E-state index in [1.807, 2.05) is 0 Å². The van der Waals surface area contributed by atoms with E-state index in [2.05, 4.69) is 10.2 Å². The SMILES string of the molecule is Cc1c(C(=O)NCCCN2CCOCC2)cccc1N(C)S(C)(=O)=O. The third-order valence-electron chi connectivity index (χ3n) is 4.43. The normalized spacial score (nSPS) is 15.8. The lowest BCUT2D eigenvalue weighted by Gasteiger charge is -2.26. The number of rotatable bonds is 7. The van der Waals surface area contributed by atoms with Crippen LogP contribution in [0.1, 0.15) is 22.3 Å². The van der Waals surface area contributed by atoms with E-state index < -0.39 is 10.0 Å². The van der Waals surface area contributed by atoms with Gasteiger partial charge in [-0.2, -0.15) is 0 Å². The molecule has 1 aromatic carbocycles. The molecular weight excluding hydrogens is 342 g/mol. The predicted molar refractivity (Wildman–Crippen MR) is 98.6 cm³/mol. The van der Waals surface area contributed by atoms with Crippen molar-refractivity contribution in [3.05, 3.63) is 29.3 Å². The molecule has 1 aliphatic rings. The molecule has 0 spiro atoms. The second kappa shape index (κ2) is 8.64. The number of sulfonamides is 1. The number of ether oxygens (including phenoxy) is 1. The molecule has 1 fully saturated rings. The fourth-order valence-electron chi connectivity index (χ4n) is 2.81. The van der Waals surface area contributed by atoms with Gasteiger partial charge in [-0.05, 0) is 37.6 Å². The average Bonchev–Trinajstić information content (AvgIpc) is 2.58. The van der Waals surface area contributed by atoms with Crippen LogP contribution < -0.4 is 9.62 Å². The summed E-state index contributed by atoms with van der Waals surface area (Å²) in [6, 6.07) is 5.12. The summed E-state index contributed by atoms with van der Waals surface area (Å²) in [5.74, 6) is -0.178. The van der Waals surface area contributed by atoms with E-state index in [1.165, 1.54) is 11.4 Å². The summed E-state index contributed by atoms with van der Waals surface area (Å²) in [4.78, 5) is 14.8. The highest BCUT2D eigenvalue weighted by Gasteiger charge is 2.18. The topological polar surface area (TPSA) is 79.0 Å². The van der Waals surface area contributed by atoms with Gasteiger partial charge in [0.05, 0.1) is 25.2 Å². The fraction of sp³-hybridized carbons (Fsp3) is 0.588. The third kappa shape index (κ3) is 5.42. The minimum Gasteiger partial charge on any atom is -0.379 e. The molecule has 1 amide bonds. The summed E-state index contributed by atoms with van der Waals surface area (Å²) in [7, 11) is -1.88. The lowest BCUT2D eigenvalue weighted by atomic mass is 10.1. The number of benzene rings is 1. The van der Waals surface area contributed by atoms with Crippen LogP contribution in [0.5, 0.6) is 0 Å². The zero-order valence-electron chi connectivity index (χ0n) is 15.1. The summed E-state index contributed by atoms with van der Waals surface area (Å²) in [6.45, 7) is 6.69. The molecule has 0 unspecified atom stereocenters. The van der Waals surface area contributed by atoms with Crippen molar-refractivity contribution in [2.24, 2.45) is 0 Å². The van der Waals surface area contributed by atoms with Gasteiger partial charge in [-0.25, -0.2) is 8.42 Å². The number of anilines is 1. The number of amides is 1. The van der Waals surface area contributed by atoms with Gasteiger partial charge in [-0.1, -0.05) is 6.07 Å². The fourth-order valence-corrected chi connectivity index (χ4v) is 3.37. The highest BCUT2D eigenvalue weighted by molar-refractivity contribution is 7.92. The van der Waals surface area contributed by atoms with Gasteiger partial charge >= 0.3 is 0 Å². The highest BCUT2D eigenvalue weighted by Crippen LogP contribution is 2.24. The molecule has 7 nitrogen and oxygen atoms in total. The molecule has 140 valence electrons. The van der Waals surface area contributed by atoms with E-state index in [9.17, 15) is 13.2 Å². The molecule has 1 aromatic rings. The van der Waals surface area contributed by atoms with Crippen LogP contribution in [0.15, 0.2) is 18.2 Å². The maximum absolute atomic E-state index is 12.4. The Kier molecular flexibility index (Phi) is 6.80. The molecule has 0 aromatic heterocycles. The van der Waals surface area contributed by atoms with Gasteiger partial charge in [0.2, 0.25) is 10.0 Å². The van der Waals surface area contributed by atoms with Crippen LogP contribution in [-0.2, 0) is 14.8 Å². The Bertz CT molecular complexity index is 700. The van der Waals surface area contributed by atoms with Crippen molar-refractivity contribution in [3.63, 3.8) is 0 Å². The van der Waals surface area contributed by atoms with Crippen LogP contribution in [0.3, 0.4) is 0 Å². The van der Waals surface area contributed by atoms with Crippen molar-refractivity contribution < 1.29 is 17.9 Å². The van der Waals surface area contributed by atoms with Crippen LogP contribution in [0.2, 0.25) is 0 Å². The molecule has 1 N–H and O–H groups in total. The summed E-state index contributed by atoms with van der Waals surface area (Å²) < 4.78 is 30.0. The van der Waals surface area contributed by atoms with Crippen molar-refractivity contribution in [1.29, 1.82) is 0 Å². The number of hydrogen-bond acceptors (Lipinski definition) is 5. The van der Waals surface area contributed by atoms with Gasteiger partial charge in [0.1, 0.15) is 0 Å². The predicted octanol–water partition coefficient (Wildman–Crippen LogP) is 0.843. The Labute approximate surface area is 150 Å². The molecular formula is C17H27N3O4S. The number of hydrogen-bond donors (Lipinski definition) is 1. The Morgan fingerprint density at radius 3 is 2.64 bits per heavy atom. The lowest BCUT2D eigenvalue weighted by Crippen LogP contribution is -2.38. The number of carbonyl (C=O) groups excluding carboxylic acids is 1. The highest BCUT2D eigenvalue weighted by atomic mass is 32.2.